The molecule has 0 fully saturated rings. The van der Waals surface area contributed by atoms with Gasteiger partial charge in [0.25, 0.3) is 0 Å². The monoisotopic (exact) mass is 636 g/mol. The molecule has 1 aliphatic carbocycles. The molecule has 7 aromatic carbocycles. The van der Waals surface area contributed by atoms with Crippen molar-refractivity contribution in [2.45, 2.75) is 5.60 Å². The molecule has 38 heavy (non-hydrogen) atoms. The summed E-state index contributed by atoms with van der Waals surface area (Å²) in [7, 11) is 0. The van der Waals surface area contributed by atoms with E-state index >= 15 is 0 Å². The molecule has 185 valence electrons. The maximum atomic E-state index is 12.6. The zero-order valence-corrected chi connectivity index (χ0v) is 22.4. The molecular formula is C36H23HoO-. The van der Waals surface area contributed by atoms with Gasteiger partial charge in [-0.2, -0.15) is 0 Å². The van der Waals surface area contributed by atoms with Gasteiger partial charge in [0, 0.05) is 48.9 Å². The molecule has 0 atom stereocenters. The molecular weight excluding hydrogens is 613 g/mol. The largest absolute Gasteiger partial charge is 0.376 e. The van der Waals surface area contributed by atoms with Gasteiger partial charge in [-0.1, -0.05) is 172 Å². The third-order valence-electron chi connectivity index (χ3n) is 8.19. The van der Waals surface area contributed by atoms with Crippen LogP contribution in [-0.4, -0.2) is 5.11 Å². The van der Waals surface area contributed by atoms with Gasteiger partial charge in [0.1, 0.15) is 5.60 Å². The van der Waals surface area contributed by atoms with E-state index in [0.29, 0.717) is 0 Å². The van der Waals surface area contributed by atoms with E-state index in [2.05, 4.69) is 109 Å². The first-order chi connectivity index (χ1) is 18.3. The Balaban J connectivity index is 0.00000242. The minimum atomic E-state index is -1.22. The molecule has 0 unspecified atom stereocenters. The van der Waals surface area contributed by atoms with E-state index in [1.165, 1.54) is 32.7 Å². The number of fused-ring (bicyclic) bond motifs is 7. The van der Waals surface area contributed by atoms with Crippen LogP contribution in [0.1, 0.15) is 16.7 Å². The zero-order chi connectivity index (χ0) is 24.6. The topological polar surface area (TPSA) is 20.2 Å². The van der Waals surface area contributed by atoms with E-state index in [0.717, 1.165) is 38.6 Å². The zero-order valence-electron chi connectivity index (χ0n) is 20.5. The molecule has 0 amide bonds. The van der Waals surface area contributed by atoms with Gasteiger partial charge in [-0.25, -0.2) is 0 Å². The van der Waals surface area contributed by atoms with Crippen LogP contribution in [0.15, 0.2) is 133 Å². The van der Waals surface area contributed by atoms with Crippen molar-refractivity contribution in [2.75, 3.05) is 0 Å². The van der Waals surface area contributed by atoms with Crippen LogP contribution in [0.4, 0.5) is 0 Å². The fourth-order valence-electron chi connectivity index (χ4n) is 6.64. The van der Waals surface area contributed by atoms with E-state index in [-0.39, 0.29) is 37.7 Å². The maximum absolute atomic E-state index is 12.6. The number of hydrogen-bond donors (Lipinski definition) is 1. The Labute approximate surface area is 251 Å². The molecule has 8 rings (SSSR count). The molecule has 0 spiro atoms. The van der Waals surface area contributed by atoms with Crippen molar-refractivity contribution in [3.8, 4) is 22.3 Å². The van der Waals surface area contributed by atoms with Crippen LogP contribution in [0.5, 0.6) is 0 Å². The average Bonchev–Trinajstić information content (AvgIpc) is 3.43. The van der Waals surface area contributed by atoms with Crippen LogP contribution in [0.2, 0.25) is 0 Å². The number of rotatable bonds is 2. The van der Waals surface area contributed by atoms with Crippen LogP contribution in [-0.2, 0) is 5.60 Å². The Morgan fingerprint density at radius 2 is 0.868 bits per heavy atom. The van der Waals surface area contributed by atoms with E-state index in [4.69, 9.17) is 0 Å². The van der Waals surface area contributed by atoms with Gasteiger partial charge in [0.15, 0.2) is 0 Å². The fourth-order valence-corrected chi connectivity index (χ4v) is 6.64. The molecule has 0 saturated heterocycles. The van der Waals surface area contributed by atoms with Gasteiger partial charge in [-0.05, 0) is 22.1 Å². The Kier molecular flexibility index (Phi) is 5.54. The minimum absolute atomic E-state index is 0. The van der Waals surface area contributed by atoms with E-state index in [1.807, 2.05) is 24.3 Å². The van der Waals surface area contributed by atoms with Crippen LogP contribution in [0, 0.1) is 37.7 Å². The first-order valence-corrected chi connectivity index (χ1v) is 12.8. The molecule has 0 aromatic heterocycles. The maximum Gasteiger partial charge on any atom is 0.141 e. The normalized spacial score (nSPS) is 13.4. The Bertz CT molecular complexity index is 1910. The molecule has 7 aromatic rings. The number of aliphatic hydroxyl groups is 1. The molecule has 0 aliphatic heterocycles. The Hall–Kier alpha value is -3.33. The standard InChI is InChI=1S/C36H23O.Ho/c37-36(32-19-9-7-15-27(32)28-16-8-10-20-33(28)36)34-22-21-31(25-13-1-4-14-26(25)34)35-29-17-5-2-11-23(29)24-12-3-6-18-30(24)35;/h1-22,37H;/q-1;. The van der Waals surface area contributed by atoms with Gasteiger partial charge < -0.3 is 5.11 Å². The smallest absolute Gasteiger partial charge is 0.141 e. The SMILES string of the molecule is OC1(c2ccc(-[c-]3c4ccccc4c4ccccc43)c3ccccc23)c2ccccc2-c2ccccc21.[Ho]. The van der Waals surface area contributed by atoms with Crippen molar-refractivity contribution in [1.29, 1.82) is 0 Å². The predicted octanol–water partition coefficient (Wildman–Crippen LogP) is 8.80. The van der Waals surface area contributed by atoms with Gasteiger partial charge in [0.05, 0.1) is 0 Å². The summed E-state index contributed by atoms with van der Waals surface area (Å²) in [4.78, 5) is 0. The van der Waals surface area contributed by atoms with Gasteiger partial charge in [-0.15, -0.1) is 0 Å². The van der Waals surface area contributed by atoms with Crippen molar-refractivity contribution in [3.63, 3.8) is 0 Å². The number of hydrogen-bond acceptors (Lipinski definition) is 1. The second-order valence-corrected chi connectivity index (χ2v) is 9.97. The quantitative estimate of drug-likeness (QED) is 0.149. The third kappa shape index (κ3) is 3.11. The van der Waals surface area contributed by atoms with Crippen LogP contribution in [0.25, 0.3) is 54.6 Å². The molecule has 0 heterocycles. The van der Waals surface area contributed by atoms with E-state index < -0.39 is 5.60 Å². The van der Waals surface area contributed by atoms with Gasteiger partial charge in [-0.3, -0.25) is 0 Å². The van der Waals surface area contributed by atoms with E-state index in [9.17, 15) is 5.11 Å². The summed E-state index contributed by atoms with van der Waals surface area (Å²) in [6.07, 6.45) is 0. The van der Waals surface area contributed by atoms with Crippen molar-refractivity contribution >= 4 is 32.3 Å². The third-order valence-corrected chi connectivity index (χ3v) is 8.19. The summed E-state index contributed by atoms with van der Waals surface area (Å²) in [6.45, 7) is 0. The van der Waals surface area contributed by atoms with E-state index in [1.54, 1.807) is 0 Å². The minimum Gasteiger partial charge on any atom is -0.376 e. The molecule has 0 bridgehead atoms. The fraction of sp³-hybridized carbons (Fsp3) is 0.0278. The molecule has 0 saturated carbocycles. The van der Waals surface area contributed by atoms with Crippen molar-refractivity contribution in [3.05, 3.63) is 150 Å². The predicted molar refractivity (Wildman–Crippen MR) is 154 cm³/mol. The summed E-state index contributed by atoms with van der Waals surface area (Å²) in [5, 5.41) is 19.9. The number of benzene rings is 6. The first-order valence-electron chi connectivity index (χ1n) is 12.8. The summed E-state index contributed by atoms with van der Waals surface area (Å²) in [5.74, 6) is 0. The Morgan fingerprint density at radius 3 is 1.45 bits per heavy atom. The summed E-state index contributed by atoms with van der Waals surface area (Å²) < 4.78 is 0. The first kappa shape index (κ1) is 23.8. The van der Waals surface area contributed by atoms with Crippen molar-refractivity contribution in [2.24, 2.45) is 0 Å². The van der Waals surface area contributed by atoms with Gasteiger partial charge >= 0.3 is 0 Å². The van der Waals surface area contributed by atoms with Crippen LogP contribution >= 0.6 is 0 Å². The van der Waals surface area contributed by atoms with Crippen molar-refractivity contribution < 1.29 is 42.8 Å². The average molecular weight is 637 g/mol. The summed E-state index contributed by atoms with van der Waals surface area (Å²) in [6, 6.07) is 46.8. The summed E-state index contributed by atoms with van der Waals surface area (Å²) in [5.41, 5.74) is 6.24. The molecule has 1 N–H and O–H groups in total. The second-order valence-electron chi connectivity index (χ2n) is 9.97. The molecule has 1 radical (unpaired) electrons. The molecule has 2 heteroatoms. The summed E-state index contributed by atoms with van der Waals surface area (Å²) >= 11 is 0. The van der Waals surface area contributed by atoms with Crippen molar-refractivity contribution in [1.82, 2.24) is 0 Å². The van der Waals surface area contributed by atoms with Crippen LogP contribution in [0.3, 0.4) is 0 Å². The Morgan fingerprint density at radius 1 is 0.421 bits per heavy atom. The second kappa shape index (κ2) is 8.86. The molecule has 1 aliphatic rings. The van der Waals surface area contributed by atoms with Gasteiger partial charge in [0.2, 0.25) is 0 Å². The molecule has 1 nitrogen and oxygen atoms in total. The van der Waals surface area contributed by atoms with Crippen LogP contribution < -0.4 is 0 Å².